The molecule has 4 nitrogen and oxygen atoms in total. The van der Waals surface area contributed by atoms with Crippen molar-refractivity contribution in [3.05, 3.63) is 0 Å². The molecule has 0 unspecified atom stereocenters. The average molecular weight is 201 g/mol. The Balaban J connectivity index is 2.39. The number of aliphatic hydroxyl groups is 1. The molecule has 4 heteroatoms. The van der Waals surface area contributed by atoms with Gasteiger partial charge in [0.05, 0.1) is 6.61 Å². The molecule has 2 N–H and O–H groups in total. The number of nitrogens with one attached hydrogen (secondary N) is 1. The molecule has 0 aliphatic carbocycles. The predicted molar refractivity (Wildman–Crippen MR) is 52.9 cm³/mol. The fourth-order valence-corrected chi connectivity index (χ4v) is 1.61. The van der Waals surface area contributed by atoms with Crippen LogP contribution in [0.2, 0.25) is 0 Å². The summed E-state index contributed by atoms with van der Waals surface area (Å²) < 4.78 is 5.24. The van der Waals surface area contributed by atoms with Crippen molar-refractivity contribution in [1.82, 2.24) is 5.32 Å². The summed E-state index contributed by atoms with van der Waals surface area (Å²) in [6.45, 7) is 3.88. The second kappa shape index (κ2) is 5.32. The number of carbonyl (C=O) groups is 1. The van der Waals surface area contributed by atoms with Gasteiger partial charge in [0.1, 0.15) is 0 Å². The van der Waals surface area contributed by atoms with Crippen LogP contribution in [0.15, 0.2) is 0 Å². The van der Waals surface area contributed by atoms with Gasteiger partial charge in [-0.2, -0.15) is 0 Å². The molecule has 0 aromatic heterocycles. The van der Waals surface area contributed by atoms with Crippen molar-refractivity contribution >= 4 is 5.91 Å². The molecule has 1 fully saturated rings. The largest absolute Gasteiger partial charge is 0.396 e. The highest BCUT2D eigenvalue weighted by molar-refractivity contribution is 5.75. The molecule has 1 saturated heterocycles. The summed E-state index contributed by atoms with van der Waals surface area (Å²) in [7, 11) is 0. The van der Waals surface area contributed by atoms with E-state index < -0.39 is 0 Å². The molecule has 0 bridgehead atoms. The maximum atomic E-state index is 11.1. The molecular weight excluding hydrogens is 182 g/mol. The zero-order chi connectivity index (χ0) is 10.4. The first kappa shape index (κ1) is 11.5. The van der Waals surface area contributed by atoms with E-state index in [9.17, 15) is 9.90 Å². The summed E-state index contributed by atoms with van der Waals surface area (Å²) in [5.41, 5.74) is -0.150. The van der Waals surface area contributed by atoms with Crippen LogP contribution in [0.3, 0.4) is 0 Å². The summed E-state index contributed by atoms with van der Waals surface area (Å²) in [6, 6.07) is 0. The second-order valence-electron chi connectivity index (χ2n) is 3.90. The molecule has 1 rings (SSSR count). The molecule has 1 heterocycles. The summed E-state index contributed by atoms with van der Waals surface area (Å²) in [6.07, 6.45) is 2.15. The van der Waals surface area contributed by atoms with Crippen molar-refractivity contribution in [3.8, 4) is 0 Å². The molecule has 1 aliphatic rings. The van der Waals surface area contributed by atoms with Gasteiger partial charge in [0.25, 0.3) is 0 Å². The van der Waals surface area contributed by atoms with Crippen molar-refractivity contribution in [3.63, 3.8) is 0 Å². The third-order valence-corrected chi connectivity index (χ3v) is 2.87. The van der Waals surface area contributed by atoms with Crippen molar-refractivity contribution in [2.24, 2.45) is 5.41 Å². The van der Waals surface area contributed by atoms with Crippen molar-refractivity contribution in [2.75, 3.05) is 26.4 Å². The van der Waals surface area contributed by atoms with Gasteiger partial charge in [0.2, 0.25) is 5.91 Å². The van der Waals surface area contributed by atoms with Crippen LogP contribution in [-0.2, 0) is 9.53 Å². The van der Waals surface area contributed by atoms with Crippen LogP contribution in [0.4, 0.5) is 0 Å². The lowest BCUT2D eigenvalue weighted by Gasteiger charge is -2.35. The summed E-state index contributed by atoms with van der Waals surface area (Å²) in [4.78, 5) is 11.1. The molecule has 82 valence electrons. The standard InChI is InChI=1S/C10H19NO3/c1-2-9(13)11-7-10(8-12)3-5-14-6-4-10/h12H,2-8H2,1H3,(H,11,13). The van der Waals surface area contributed by atoms with E-state index in [1.54, 1.807) is 0 Å². The molecule has 0 spiro atoms. The Morgan fingerprint density at radius 2 is 2.14 bits per heavy atom. The zero-order valence-electron chi connectivity index (χ0n) is 8.71. The van der Waals surface area contributed by atoms with Crippen molar-refractivity contribution in [1.29, 1.82) is 0 Å². The number of carbonyl (C=O) groups excluding carboxylic acids is 1. The molecular formula is C10H19NO3. The van der Waals surface area contributed by atoms with Gasteiger partial charge in [0, 0.05) is 31.6 Å². The molecule has 0 radical (unpaired) electrons. The minimum Gasteiger partial charge on any atom is -0.396 e. The van der Waals surface area contributed by atoms with Gasteiger partial charge in [-0.1, -0.05) is 6.92 Å². The number of ether oxygens (including phenoxy) is 1. The van der Waals surface area contributed by atoms with Crippen LogP contribution in [-0.4, -0.2) is 37.4 Å². The third kappa shape index (κ3) is 2.96. The molecule has 0 aromatic carbocycles. The van der Waals surface area contributed by atoms with E-state index >= 15 is 0 Å². The van der Waals surface area contributed by atoms with Gasteiger partial charge in [-0.3, -0.25) is 4.79 Å². The Labute approximate surface area is 84.6 Å². The van der Waals surface area contributed by atoms with Gasteiger partial charge in [-0.25, -0.2) is 0 Å². The molecule has 0 saturated carbocycles. The van der Waals surface area contributed by atoms with Crippen molar-refractivity contribution < 1.29 is 14.6 Å². The number of rotatable bonds is 4. The minimum atomic E-state index is -0.150. The summed E-state index contributed by atoms with van der Waals surface area (Å²) >= 11 is 0. The van der Waals surface area contributed by atoms with Crippen LogP contribution >= 0.6 is 0 Å². The Morgan fingerprint density at radius 3 is 2.64 bits per heavy atom. The fraction of sp³-hybridized carbons (Fsp3) is 0.900. The van der Waals surface area contributed by atoms with E-state index in [0.717, 1.165) is 12.8 Å². The van der Waals surface area contributed by atoms with E-state index in [1.807, 2.05) is 6.92 Å². The highest BCUT2D eigenvalue weighted by atomic mass is 16.5. The zero-order valence-corrected chi connectivity index (χ0v) is 8.71. The Hall–Kier alpha value is -0.610. The molecule has 0 atom stereocenters. The normalized spacial score (nSPS) is 20.4. The lowest BCUT2D eigenvalue weighted by molar-refractivity contribution is -0.122. The average Bonchev–Trinajstić information content (AvgIpc) is 2.27. The van der Waals surface area contributed by atoms with Crippen LogP contribution in [0, 0.1) is 5.41 Å². The monoisotopic (exact) mass is 201 g/mol. The summed E-state index contributed by atoms with van der Waals surface area (Å²) in [5.74, 6) is 0.0457. The van der Waals surface area contributed by atoms with Gasteiger partial charge >= 0.3 is 0 Å². The number of hydrogen-bond acceptors (Lipinski definition) is 3. The highest BCUT2D eigenvalue weighted by Gasteiger charge is 2.32. The van der Waals surface area contributed by atoms with Crippen molar-refractivity contribution in [2.45, 2.75) is 26.2 Å². The topological polar surface area (TPSA) is 58.6 Å². The van der Waals surface area contributed by atoms with Gasteiger partial charge < -0.3 is 15.2 Å². The molecule has 14 heavy (non-hydrogen) atoms. The fourth-order valence-electron chi connectivity index (χ4n) is 1.61. The van der Waals surface area contributed by atoms with Crippen LogP contribution in [0.5, 0.6) is 0 Å². The van der Waals surface area contributed by atoms with E-state index in [1.165, 1.54) is 0 Å². The highest BCUT2D eigenvalue weighted by Crippen LogP contribution is 2.28. The Bertz CT molecular complexity index is 188. The second-order valence-corrected chi connectivity index (χ2v) is 3.90. The maximum Gasteiger partial charge on any atom is 0.219 e. The van der Waals surface area contributed by atoms with E-state index in [0.29, 0.717) is 26.2 Å². The predicted octanol–water partition coefficient (Wildman–Crippen LogP) is 0.302. The molecule has 1 aliphatic heterocycles. The van der Waals surface area contributed by atoms with E-state index in [-0.39, 0.29) is 17.9 Å². The lowest BCUT2D eigenvalue weighted by Crippen LogP contribution is -2.43. The maximum absolute atomic E-state index is 11.1. The van der Waals surface area contributed by atoms with E-state index in [2.05, 4.69) is 5.32 Å². The minimum absolute atomic E-state index is 0.0457. The molecule has 0 aromatic rings. The molecule has 1 amide bonds. The third-order valence-electron chi connectivity index (χ3n) is 2.87. The number of hydrogen-bond donors (Lipinski definition) is 2. The van der Waals surface area contributed by atoms with Gasteiger partial charge in [0.15, 0.2) is 0 Å². The first-order valence-corrected chi connectivity index (χ1v) is 5.18. The van der Waals surface area contributed by atoms with Crippen LogP contribution in [0.1, 0.15) is 26.2 Å². The van der Waals surface area contributed by atoms with Gasteiger partial charge in [-0.15, -0.1) is 0 Å². The first-order valence-electron chi connectivity index (χ1n) is 5.18. The number of aliphatic hydroxyl groups excluding tert-OH is 1. The Kier molecular flexibility index (Phi) is 4.35. The SMILES string of the molecule is CCC(=O)NCC1(CO)CCOCC1. The van der Waals surface area contributed by atoms with Crippen LogP contribution in [0.25, 0.3) is 0 Å². The quantitative estimate of drug-likeness (QED) is 0.688. The van der Waals surface area contributed by atoms with Crippen LogP contribution < -0.4 is 5.32 Å². The number of amides is 1. The van der Waals surface area contributed by atoms with E-state index in [4.69, 9.17) is 4.74 Å². The summed E-state index contributed by atoms with van der Waals surface area (Å²) in [5, 5.41) is 12.2. The first-order chi connectivity index (χ1) is 6.72. The Morgan fingerprint density at radius 1 is 1.50 bits per heavy atom. The van der Waals surface area contributed by atoms with Gasteiger partial charge in [-0.05, 0) is 12.8 Å². The smallest absolute Gasteiger partial charge is 0.219 e. The lowest BCUT2D eigenvalue weighted by atomic mass is 9.81.